The van der Waals surface area contributed by atoms with Crippen LogP contribution in [0.25, 0.3) is 0 Å². The second-order valence-corrected chi connectivity index (χ2v) is 6.22. The number of hydrogen-bond donors (Lipinski definition) is 1. The molecule has 1 aliphatic rings. The molecular formula is C17H29N3. The van der Waals surface area contributed by atoms with E-state index in [1.54, 1.807) is 0 Å². The lowest BCUT2D eigenvalue weighted by atomic mass is 9.91. The summed E-state index contributed by atoms with van der Waals surface area (Å²) < 4.78 is 0. The molecule has 112 valence electrons. The van der Waals surface area contributed by atoms with E-state index in [1.807, 2.05) is 0 Å². The van der Waals surface area contributed by atoms with Crippen LogP contribution in [0.3, 0.4) is 0 Å². The first kappa shape index (κ1) is 15.3. The van der Waals surface area contributed by atoms with Gasteiger partial charge in [-0.15, -0.1) is 0 Å². The largest absolute Gasteiger partial charge is 0.353 e. The molecule has 2 heterocycles. The van der Waals surface area contributed by atoms with E-state index < -0.39 is 0 Å². The van der Waals surface area contributed by atoms with E-state index in [0.29, 0.717) is 6.04 Å². The van der Waals surface area contributed by atoms with Crippen molar-refractivity contribution in [2.24, 2.45) is 5.92 Å². The third-order valence-corrected chi connectivity index (χ3v) is 4.65. The van der Waals surface area contributed by atoms with Gasteiger partial charge in [0.1, 0.15) is 5.82 Å². The van der Waals surface area contributed by atoms with Crippen LogP contribution in [0.5, 0.6) is 0 Å². The third kappa shape index (κ3) is 3.14. The Kier molecular flexibility index (Phi) is 5.03. The Labute approximate surface area is 123 Å². The van der Waals surface area contributed by atoms with Crippen molar-refractivity contribution >= 4 is 5.82 Å². The molecule has 0 spiro atoms. The van der Waals surface area contributed by atoms with Gasteiger partial charge in [0.25, 0.3) is 0 Å². The highest BCUT2D eigenvalue weighted by Gasteiger charge is 2.27. The minimum absolute atomic E-state index is 0.581. The van der Waals surface area contributed by atoms with Crippen LogP contribution in [0.15, 0.2) is 6.07 Å². The summed E-state index contributed by atoms with van der Waals surface area (Å²) in [7, 11) is 0. The highest BCUT2D eigenvalue weighted by atomic mass is 15.2. The van der Waals surface area contributed by atoms with Crippen molar-refractivity contribution in [2.75, 3.05) is 18.0 Å². The van der Waals surface area contributed by atoms with Gasteiger partial charge >= 0.3 is 0 Å². The molecule has 20 heavy (non-hydrogen) atoms. The van der Waals surface area contributed by atoms with Gasteiger partial charge in [0, 0.05) is 30.4 Å². The first-order chi connectivity index (χ1) is 9.54. The number of anilines is 1. The summed E-state index contributed by atoms with van der Waals surface area (Å²) in [4.78, 5) is 7.41. The molecule has 1 fully saturated rings. The molecule has 2 rings (SSSR count). The molecule has 0 saturated carbocycles. The van der Waals surface area contributed by atoms with Crippen LogP contribution in [-0.4, -0.2) is 24.1 Å². The molecule has 1 saturated heterocycles. The number of rotatable bonds is 4. The molecule has 0 aromatic carbocycles. The molecule has 1 aromatic rings. The van der Waals surface area contributed by atoms with Crippen molar-refractivity contribution in [3.63, 3.8) is 0 Å². The Morgan fingerprint density at radius 1 is 1.35 bits per heavy atom. The predicted octanol–water partition coefficient (Wildman–Crippen LogP) is 3.43. The highest BCUT2D eigenvalue weighted by Crippen LogP contribution is 2.31. The number of hydrogen-bond acceptors (Lipinski definition) is 3. The molecule has 1 N–H and O–H groups in total. The lowest BCUT2D eigenvalue weighted by Gasteiger charge is -2.40. The van der Waals surface area contributed by atoms with Gasteiger partial charge in [0.05, 0.1) is 0 Å². The van der Waals surface area contributed by atoms with Gasteiger partial charge in [-0.3, -0.25) is 0 Å². The molecule has 3 heteroatoms. The van der Waals surface area contributed by atoms with Crippen LogP contribution in [0, 0.1) is 19.8 Å². The zero-order valence-corrected chi connectivity index (χ0v) is 13.7. The second kappa shape index (κ2) is 6.57. The van der Waals surface area contributed by atoms with Crippen molar-refractivity contribution in [2.45, 2.75) is 60.0 Å². The molecule has 1 aromatic heterocycles. The maximum Gasteiger partial charge on any atom is 0.133 e. The van der Waals surface area contributed by atoms with E-state index in [2.05, 4.69) is 50.9 Å². The molecule has 3 nitrogen and oxygen atoms in total. The SMILES string of the molecule is CCNCc1c(C)cc(C)nc1N1CCCC(C)C1C. The van der Waals surface area contributed by atoms with Gasteiger partial charge in [-0.1, -0.05) is 13.8 Å². The van der Waals surface area contributed by atoms with Gasteiger partial charge in [-0.05, 0) is 57.7 Å². The van der Waals surface area contributed by atoms with E-state index in [0.717, 1.165) is 31.2 Å². The number of pyridine rings is 1. The normalized spacial score (nSPS) is 23.1. The Morgan fingerprint density at radius 2 is 2.10 bits per heavy atom. The zero-order valence-electron chi connectivity index (χ0n) is 13.7. The van der Waals surface area contributed by atoms with Gasteiger partial charge < -0.3 is 10.2 Å². The van der Waals surface area contributed by atoms with E-state index in [-0.39, 0.29) is 0 Å². The van der Waals surface area contributed by atoms with Crippen molar-refractivity contribution < 1.29 is 0 Å². The van der Waals surface area contributed by atoms with E-state index in [1.165, 1.54) is 29.8 Å². The zero-order chi connectivity index (χ0) is 14.7. The van der Waals surface area contributed by atoms with Gasteiger partial charge in [-0.25, -0.2) is 4.98 Å². The molecule has 1 aliphatic heterocycles. The maximum absolute atomic E-state index is 4.88. The van der Waals surface area contributed by atoms with E-state index in [9.17, 15) is 0 Å². The third-order valence-electron chi connectivity index (χ3n) is 4.65. The van der Waals surface area contributed by atoms with Gasteiger partial charge in [0.15, 0.2) is 0 Å². The van der Waals surface area contributed by atoms with Crippen LogP contribution in [0.2, 0.25) is 0 Å². The smallest absolute Gasteiger partial charge is 0.133 e. The number of aromatic nitrogens is 1. The fourth-order valence-electron chi connectivity index (χ4n) is 3.18. The number of nitrogens with zero attached hydrogens (tertiary/aromatic N) is 2. The average Bonchev–Trinajstić information content (AvgIpc) is 2.40. The Morgan fingerprint density at radius 3 is 2.80 bits per heavy atom. The monoisotopic (exact) mass is 275 g/mol. The van der Waals surface area contributed by atoms with E-state index >= 15 is 0 Å². The number of piperidine rings is 1. The molecule has 2 unspecified atom stereocenters. The fourth-order valence-corrected chi connectivity index (χ4v) is 3.18. The first-order valence-corrected chi connectivity index (χ1v) is 7.99. The summed E-state index contributed by atoms with van der Waals surface area (Å²) >= 11 is 0. The highest BCUT2D eigenvalue weighted by molar-refractivity contribution is 5.52. The van der Waals surface area contributed by atoms with Crippen molar-refractivity contribution in [1.29, 1.82) is 0 Å². The lowest BCUT2D eigenvalue weighted by molar-refractivity contribution is 0.360. The summed E-state index contributed by atoms with van der Waals surface area (Å²) in [5.74, 6) is 1.96. The van der Waals surface area contributed by atoms with Crippen molar-refractivity contribution in [3.8, 4) is 0 Å². The minimum Gasteiger partial charge on any atom is -0.353 e. The number of nitrogens with one attached hydrogen (secondary N) is 1. The minimum atomic E-state index is 0.581. The van der Waals surface area contributed by atoms with Crippen molar-refractivity contribution in [3.05, 3.63) is 22.9 Å². The van der Waals surface area contributed by atoms with Gasteiger partial charge in [-0.2, -0.15) is 0 Å². The van der Waals surface area contributed by atoms with Gasteiger partial charge in [0.2, 0.25) is 0 Å². The van der Waals surface area contributed by atoms with Crippen LogP contribution in [-0.2, 0) is 6.54 Å². The standard InChI is InChI=1S/C17H29N3/c1-6-18-11-16-13(3)10-14(4)19-17(16)20-9-7-8-12(2)15(20)5/h10,12,15,18H,6-9,11H2,1-5H3. The summed E-state index contributed by atoms with van der Waals surface area (Å²) in [6.45, 7) is 14.2. The van der Waals surface area contributed by atoms with Crippen LogP contribution in [0.4, 0.5) is 5.82 Å². The number of aryl methyl sites for hydroxylation is 2. The lowest BCUT2D eigenvalue weighted by Crippen LogP contribution is -2.43. The summed E-state index contributed by atoms with van der Waals surface area (Å²) in [5, 5.41) is 3.46. The maximum atomic E-state index is 4.88. The van der Waals surface area contributed by atoms with Crippen LogP contribution in [0.1, 0.15) is 50.4 Å². The van der Waals surface area contributed by atoms with Crippen LogP contribution < -0.4 is 10.2 Å². The Bertz CT molecular complexity index is 456. The molecule has 0 radical (unpaired) electrons. The summed E-state index contributed by atoms with van der Waals surface area (Å²) in [6.07, 6.45) is 2.62. The average molecular weight is 275 g/mol. The fraction of sp³-hybridized carbons (Fsp3) is 0.706. The first-order valence-electron chi connectivity index (χ1n) is 7.99. The molecule has 0 amide bonds. The van der Waals surface area contributed by atoms with E-state index in [4.69, 9.17) is 4.98 Å². The molecule has 0 bridgehead atoms. The van der Waals surface area contributed by atoms with Crippen molar-refractivity contribution in [1.82, 2.24) is 10.3 Å². The Hall–Kier alpha value is -1.09. The molecule has 0 aliphatic carbocycles. The molecular weight excluding hydrogens is 246 g/mol. The predicted molar refractivity (Wildman–Crippen MR) is 86.3 cm³/mol. The summed E-state index contributed by atoms with van der Waals surface area (Å²) in [6, 6.07) is 2.78. The second-order valence-electron chi connectivity index (χ2n) is 6.22. The molecule has 2 atom stereocenters. The van der Waals surface area contributed by atoms with Crippen LogP contribution >= 0.6 is 0 Å². The Balaban J connectivity index is 2.37. The topological polar surface area (TPSA) is 28.2 Å². The summed E-state index contributed by atoms with van der Waals surface area (Å²) in [5.41, 5.74) is 3.86. The quantitative estimate of drug-likeness (QED) is 0.912.